The lowest BCUT2D eigenvalue weighted by Gasteiger charge is -2.15. The van der Waals surface area contributed by atoms with Gasteiger partial charge in [-0.1, -0.05) is 52.8 Å². The summed E-state index contributed by atoms with van der Waals surface area (Å²) in [6.45, 7) is -0.207. The van der Waals surface area contributed by atoms with Crippen molar-refractivity contribution in [1.29, 1.82) is 0 Å². The first-order valence-corrected chi connectivity index (χ1v) is 6.90. The molecule has 3 aromatic rings. The van der Waals surface area contributed by atoms with Crippen molar-refractivity contribution in [3.05, 3.63) is 90.2 Å². The smallest absolute Gasteiger partial charge is 0.207 e. The van der Waals surface area contributed by atoms with Gasteiger partial charge in [-0.2, -0.15) is 0 Å². The Hall–Kier alpha value is -2.49. The molecule has 0 amide bonds. The maximum atomic E-state index is 13.2. The van der Waals surface area contributed by atoms with Crippen molar-refractivity contribution in [3.8, 4) is 0 Å². The van der Waals surface area contributed by atoms with Gasteiger partial charge in [0.2, 0.25) is 6.71 Å². The highest BCUT2D eigenvalue weighted by atomic mass is 19.1. The topological polar surface area (TPSA) is 0 Å². The lowest BCUT2D eigenvalue weighted by molar-refractivity contribution is 0.628. The van der Waals surface area contributed by atoms with Crippen molar-refractivity contribution in [2.45, 2.75) is 0 Å². The zero-order valence-corrected chi connectivity index (χ0v) is 11.6. The maximum absolute atomic E-state index is 13.2. The van der Waals surface area contributed by atoms with Crippen LogP contribution >= 0.6 is 0 Å². The number of benzene rings is 3. The molecule has 0 unspecified atom stereocenters. The summed E-state index contributed by atoms with van der Waals surface area (Å²) in [6.07, 6.45) is 0. The quantitative estimate of drug-likeness (QED) is 0.652. The summed E-state index contributed by atoms with van der Waals surface area (Å²) >= 11 is 0. The third kappa shape index (κ3) is 3.06. The van der Waals surface area contributed by atoms with Crippen molar-refractivity contribution in [3.63, 3.8) is 0 Å². The third-order valence-electron chi connectivity index (χ3n) is 3.61. The number of hydrogen-bond donors (Lipinski definition) is 0. The van der Waals surface area contributed by atoms with Crippen LogP contribution in [0.2, 0.25) is 0 Å². The van der Waals surface area contributed by atoms with Crippen molar-refractivity contribution < 1.29 is 13.2 Å². The Morgan fingerprint density at radius 3 is 0.864 bits per heavy atom. The minimum absolute atomic E-state index is 0.207. The fourth-order valence-corrected chi connectivity index (χ4v) is 2.54. The van der Waals surface area contributed by atoms with E-state index in [1.807, 2.05) is 0 Å². The first-order valence-electron chi connectivity index (χ1n) is 6.90. The molecule has 0 atom stereocenters. The molecule has 3 rings (SSSR count). The lowest BCUT2D eigenvalue weighted by Crippen LogP contribution is -2.51. The molecule has 4 heteroatoms. The number of rotatable bonds is 3. The lowest BCUT2D eigenvalue weighted by atomic mass is 9.37. The summed E-state index contributed by atoms with van der Waals surface area (Å²) in [5.41, 5.74) is 2.58. The molecule has 0 nitrogen and oxygen atoms in total. The molecule has 0 N–H and O–H groups in total. The van der Waals surface area contributed by atoms with Gasteiger partial charge in [0.1, 0.15) is 17.5 Å². The fourth-order valence-electron chi connectivity index (χ4n) is 2.54. The molecule has 3 aromatic carbocycles. The molecule has 22 heavy (non-hydrogen) atoms. The monoisotopic (exact) mass is 296 g/mol. The van der Waals surface area contributed by atoms with Crippen LogP contribution in [0.1, 0.15) is 0 Å². The van der Waals surface area contributed by atoms with Gasteiger partial charge >= 0.3 is 0 Å². The second-order valence-corrected chi connectivity index (χ2v) is 5.09. The van der Waals surface area contributed by atoms with Crippen LogP contribution in [0, 0.1) is 17.5 Å². The summed E-state index contributed by atoms with van der Waals surface area (Å²) in [7, 11) is 0. The molecule has 0 radical (unpaired) electrons. The maximum Gasteiger partial charge on any atom is 0.241 e. The minimum Gasteiger partial charge on any atom is -0.207 e. The summed E-state index contributed by atoms with van der Waals surface area (Å²) < 4.78 is 39.5. The van der Waals surface area contributed by atoms with Gasteiger partial charge in [0.15, 0.2) is 0 Å². The van der Waals surface area contributed by atoms with Crippen LogP contribution in [0.3, 0.4) is 0 Å². The summed E-state index contributed by atoms with van der Waals surface area (Å²) in [5, 5.41) is 0. The van der Waals surface area contributed by atoms with E-state index in [-0.39, 0.29) is 24.2 Å². The summed E-state index contributed by atoms with van der Waals surface area (Å²) in [6, 6.07) is 18.4. The molecular formula is C18H12BF3. The predicted octanol–water partition coefficient (Wildman–Crippen LogP) is 2.62. The summed E-state index contributed by atoms with van der Waals surface area (Å²) in [5.74, 6) is -0.956. The molecule has 108 valence electrons. The van der Waals surface area contributed by atoms with E-state index in [0.717, 1.165) is 16.4 Å². The average Bonchev–Trinajstić information content (AvgIpc) is 2.53. The first-order chi connectivity index (χ1) is 10.6. The molecular weight excluding hydrogens is 284 g/mol. The van der Waals surface area contributed by atoms with Crippen LogP contribution < -0.4 is 16.4 Å². The van der Waals surface area contributed by atoms with Crippen LogP contribution in [-0.4, -0.2) is 6.71 Å². The zero-order chi connectivity index (χ0) is 15.5. The molecule has 0 aliphatic carbocycles. The minimum atomic E-state index is -0.319. The van der Waals surface area contributed by atoms with Gasteiger partial charge in [0.25, 0.3) is 0 Å². The van der Waals surface area contributed by atoms with Gasteiger partial charge < -0.3 is 0 Å². The number of hydrogen-bond acceptors (Lipinski definition) is 0. The van der Waals surface area contributed by atoms with E-state index in [1.165, 1.54) is 36.4 Å². The Morgan fingerprint density at radius 1 is 0.409 bits per heavy atom. The Balaban J connectivity index is 2.10. The Morgan fingerprint density at radius 2 is 0.636 bits per heavy atom. The van der Waals surface area contributed by atoms with Gasteiger partial charge in [-0.05, 0) is 36.4 Å². The van der Waals surface area contributed by atoms with Gasteiger partial charge in [-0.3, -0.25) is 0 Å². The molecule has 0 spiro atoms. The van der Waals surface area contributed by atoms with E-state index in [0.29, 0.717) is 0 Å². The predicted molar refractivity (Wildman–Crippen MR) is 83.9 cm³/mol. The zero-order valence-electron chi connectivity index (χ0n) is 11.6. The second-order valence-electron chi connectivity index (χ2n) is 5.09. The second kappa shape index (κ2) is 6.10. The highest BCUT2D eigenvalue weighted by Gasteiger charge is 2.21. The molecule has 0 heterocycles. The van der Waals surface area contributed by atoms with Crippen molar-refractivity contribution in [2.24, 2.45) is 0 Å². The molecule has 0 bridgehead atoms. The standard InChI is InChI=1S/C18H12BF3/c20-16-7-1-13(2-8-16)19(14-3-9-17(21)10-4-14)15-5-11-18(22)12-6-15/h1-12H. The van der Waals surface area contributed by atoms with Crippen LogP contribution in [-0.2, 0) is 0 Å². The highest BCUT2D eigenvalue weighted by molar-refractivity contribution is 6.95. The molecule has 0 saturated heterocycles. The SMILES string of the molecule is Fc1ccc(B(c2ccc(F)cc2)c2ccc(F)cc2)cc1. The van der Waals surface area contributed by atoms with Crippen LogP contribution in [0.5, 0.6) is 0 Å². The van der Waals surface area contributed by atoms with Crippen molar-refractivity contribution >= 4 is 23.1 Å². The van der Waals surface area contributed by atoms with E-state index in [4.69, 9.17) is 0 Å². The fraction of sp³-hybridized carbons (Fsp3) is 0. The van der Waals surface area contributed by atoms with Crippen LogP contribution in [0.25, 0.3) is 0 Å². The van der Waals surface area contributed by atoms with E-state index in [2.05, 4.69) is 0 Å². The average molecular weight is 296 g/mol. The van der Waals surface area contributed by atoms with E-state index < -0.39 is 0 Å². The van der Waals surface area contributed by atoms with Crippen molar-refractivity contribution in [2.75, 3.05) is 0 Å². The van der Waals surface area contributed by atoms with Gasteiger partial charge in [0, 0.05) is 0 Å². The summed E-state index contributed by atoms with van der Waals surface area (Å²) in [4.78, 5) is 0. The molecule has 0 aliphatic heterocycles. The molecule has 0 fully saturated rings. The highest BCUT2D eigenvalue weighted by Crippen LogP contribution is 2.01. The number of halogens is 3. The molecule has 0 aliphatic rings. The van der Waals surface area contributed by atoms with Gasteiger partial charge in [0.05, 0.1) is 0 Å². The van der Waals surface area contributed by atoms with Gasteiger partial charge in [-0.15, -0.1) is 0 Å². The Bertz CT molecular complexity index is 642. The molecule has 0 aromatic heterocycles. The van der Waals surface area contributed by atoms with Gasteiger partial charge in [-0.25, -0.2) is 13.2 Å². The van der Waals surface area contributed by atoms with Crippen molar-refractivity contribution in [1.82, 2.24) is 0 Å². The Kier molecular flexibility index (Phi) is 4.01. The van der Waals surface area contributed by atoms with Crippen LogP contribution in [0.15, 0.2) is 72.8 Å². The van der Waals surface area contributed by atoms with Crippen LogP contribution in [0.4, 0.5) is 13.2 Å². The van der Waals surface area contributed by atoms with E-state index >= 15 is 0 Å². The Labute approximate surface area is 127 Å². The molecule has 0 saturated carbocycles. The van der Waals surface area contributed by atoms with E-state index in [1.54, 1.807) is 36.4 Å². The van der Waals surface area contributed by atoms with E-state index in [9.17, 15) is 13.2 Å². The first kappa shape index (κ1) is 14.5. The normalized spacial score (nSPS) is 10.5. The third-order valence-corrected chi connectivity index (χ3v) is 3.61. The largest absolute Gasteiger partial charge is 0.241 e.